The minimum absolute atomic E-state index is 0.00597. The quantitative estimate of drug-likeness (QED) is 0.605. The zero-order chi connectivity index (χ0) is 10.7. The molecule has 14 heavy (non-hydrogen) atoms. The molecule has 1 heterocycles. The molecule has 1 saturated heterocycles. The minimum Gasteiger partial charge on any atom is -0.332 e. The van der Waals surface area contributed by atoms with Crippen molar-refractivity contribution in [3.8, 4) is 0 Å². The van der Waals surface area contributed by atoms with Crippen LogP contribution >= 0.6 is 0 Å². The number of nitrogens with zero attached hydrogens (tertiary/aromatic N) is 1. The van der Waals surface area contributed by atoms with Crippen molar-refractivity contribution >= 4 is 19.5 Å². The maximum atomic E-state index is 11.5. The first-order valence-corrected chi connectivity index (χ1v) is 4.76. The molecular weight excluding hydrogens is 179 g/mol. The Kier molecular flexibility index (Phi) is 3.69. The Labute approximate surface area is 85.4 Å². The highest BCUT2D eigenvalue weighted by molar-refractivity contribution is 6.24. The van der Waals surface area contributed by atoms with Crippen LogP contribution in [0.2, 0.25) is 5.82 Å². The van der Waals surface area contributed by atoms with Crippen LogP contribution in [0.1, 0.15) is 13.3 Å². The normalized spacial score (nSPS) is 27.0. The summed E-state index contributed by atoms with van der Waals surface area (Å²) in [6.45, 7) is 2.35. The summed E-state index contributed by atoms with van der Waals surface area (Å²) in [6, 6.07) is 0.0615. The molecule has 76 valence electrons. The van der Waals surface area contributed by atoms with E-state index in [1.54, 1.807) is 4.90 Å². The molecule has 4 nitrogen and oxygen atoms in total. The molecule has 0 bridgehead atoms. The number of hydrogen-bond donors (Lipinski definition) is 1. The predicted molar refractivity (Wildman–Crippen MR) is 54.2 cm³/mol. The van der Waals surface area contributed by atoms with E-state index in [1.165, 1.54) is 6.92 Å². The van der Waals surface area contributed by atoms with Crippen LogP contribution < -0.4 is 5.32 Å². The number of amides is 1. The molecule has 1 aliphatic heterocycles. The lowest BCUT2D eigenvalue weighted by Crippen LogP contribution is -2.41. The van der Waals surface area contributed by atoms with E-state index in [-0.39, 0.29) is 24.3 Å². The monoisotopic (exact) mass is 194 g/mol. The predicted octanol–water partition coefficient (Wildman–Crippen LogP) is -0.647. The first-order valence-electron chi connectivity index (χ1n) is 4.76. The average molecular weight is 194 g/mol. The number of ketones is 1. The van der Waals surface area contributed by atoms with Gasteiger partial charge in [-0.15, -0.1) is 0 Å². The SMILES string of the molecule is [B][C@@H]1C[C@H](CNC)N(CC(C)=O)C1=O. The van der Waals surface area contributed by atoms with Gasteiger partial charge in [-0.05, 0) is 20.4 Å². The van der Waals surface area contributed by atoms with Crippen molar-refractivity contribution in [2.75, 3.05) is 20.1 Å². The summed E-state index contributed by atoms with van der Waals surface area (Å²) < 4.78 is 0. The van der Waals surface area contributed by atoms with Gasteiger partial charge in [-0.1, -0.05) is 0 Å². The lowest BCUT2D eigenvalue weighted by atomic mass is 9.85. The molecule has 0 aliphatic carbocycles. The number of hydrogen-bond acceptors (Lipinski definition) is 3. The van der Waals surface area contributed by atoms with Gasteiger partial charge in [-0.2, -0.15) is 0 Å². The van der Waals surface area contributed by atoms with Crippen molar-refractivity contribution in [2.24, 2.45) is 0 Å². The molecule has 1 amide bonds. The van der Waals surface area contributed by atoms with Crippen LogP contribution in [-0.2, 0) is 9.59 Å². The van der Waals surface area contributed by atoms with E-state index in [0.29, 0.717) is 13.0 Å². The van der Waals surface area contributed by atoms with Crippen LogP contribution in [0.25, 0.3) is 0 Å². The third-order valence-corrected chi connectivity index (χ3v) is 2.40. The molecule has 0 aromatic carbocycles. The maximum Gasteiger partial charge on any atom is 0.217 e. The zero-order valence-electron chi connectivity index (χ0n) is 8.62. The fourth-order valence-electron chi connectivity index (χ4n) is 1.79. The summed E-state index contributed by atoms with van der Waals surface area (Å²) in [5.74, 6) is -0.554. The van der Waals surface area contributed by atoms with Crippen LogP contribution in [0.3, 0.4) is 0 Å². The lowest BCUT2D eigenvalue weighted by Gasteiger charge is -2.23. The van der Waals surface area contributed by atoms with Gasteiger partial charge < -0.3 is 10.2 Å². The number of likely N-dealkylation sites (N-methyl/N-ethyl adjacent to an activating group) is 1. The van der Waals surface area contributed by atoms with Gasteiger partial charge in [0.05, 0.1) is 14.4 Å². The minimum atomic E-state index is -0.437. The average Bonchev–Trinajstić information content (AvgIpc) is 2.33. The first kappa shape index (κ1) is 11.2. The van der Waals surface area contributed by atoms with Gasteiger partial charge in [-0.3, -0.25) is 9.59 Å². The number of carbonyl (C=O) groups is 2. The van der Waals surface area contributed by atoms with Crippen molar-refractivity contribution in [3.63, 3.8) is 0 Å². The van der Waals surface area contributed by atoms with Crippen LogP contribution in [-0.4, -0.2) is 50.6 Å². The summed E-state index contributed by atoms with van der Waals surface area (Å²) in [6.07, 6.45) is 0.632. The summed E-state index contributed by atoms with van der Waals surface area (Å²) >= 11 is 0. The molecule has 0 saturated carbocycles. The summed E-state index contributed by atoms with van der Waals surface area (Å²) in [4.78, 5) is 24.1. The van der Waals surface area contributed by atoms with Crippen molar-refractivity contribution in [1.29, 1.82) is 0 Å². The van der Waals surface area contributed by atoms with E-state index in [0.717, 1.165) is 0 Å². The second kappa shape index (κ2) is 4.60. The Bertz CT molecular complexity index is 245. The van der Waals surface area contributed by atoms with Crippen LogP contribution in [0.4, 0.5) is 0 Å². The third-order valence-electron chi connectivity index (χ3n) is 2.40. The smallest absolute Gasteiger partial charge is 0.217 e. The number of nitrogens with one attached hydrogen (secondary N) is 1. The third kappa shape index (κ3) is 2.35. The highest BCUT2D eigenvalue weighted by Crippen LogP contribution is 2.25. The molecule has 0 spiro atoms. The summed E-state index contributed by atoms with van der Waals surface area (Å²) in [7, 11) is 7.45. The van der Waals surface area contributed by atoms with Crippen LogP contribution in [0.5, 0.6) is 0 Å². The van der Waals surface area contributed by atoms with Gasteiger partial charge in [0.15, 0.2) is 0 Å². The first-order chi connectivity index (χ1) is 6.56. The molecule has 0 unspecified atom stereocenters. The van der Waals surface area contributed by atoms with Crippen molar-refractivity contribution in [3.05, 3.63) is 0 Å². The van der Waals surface area contributed by atoms with E-state index < -0.39 is 5.82 Å². The number of likely N-dealkylation sites (tertiary alicyclic amines) is 1. The topological polar surface area (TPSA) is 49.4 Å². The second-order valence-corrected chi connectivity index (χ2v) is 3.72. The lowest BCUT2D eigenvalue weighted by molar-refractivity contribution is -0.132. The Balaban J connectivity index is 2.65. The van der Waals surface area contributed by atoms with Crippen molar-refractivity contribution < 1.29 is 9.59 Å². The Hall–Kier alpha value is -0.835. The van der Waals surface area contributed by atoms with E-state index in [1.807, 2.05) is 7.05 Å². The van der Waals surface area contributed by atoms with E-state index in [4.69, 9.17) is 7.85 Å². The highest BCUT2D eigenvalue weighted by Gasteiger charge is 2.36. The number of carbonyl (C=O) groups excluding carboxylic acids is 2. The van der Waals surface area contributed by atoms with Gasteiger partial charge in [0.25, 0.3) is 0 Å². The molecule has 2 atom stereocenters. The van der Waals surface area contributed by atoms with Gasteiger partial charge in [0.2, 0.25) is 5.91 Å². The van der Waals surface area contributed by atoms with Gasteiger partial charge in [-0.25, -0.2) is 0 Å². The van der Waals surface area contributed by atoms with E-state index in [2.05, 4.69) is 5.32 Å². The molecule has 2 radical (unpaired) electrons. The zero-order valence-corrected chi connectivity index (χ0v) is 8.62. The fourth-order valence-corrected chi connectivity index (χ4v) is 1.79. The molecule has 1 N–H and O–H groups in total. The second-order valence-electron chi connectivity index (χ2n) is 3.72. The number of rotatable bonds is 4. The Morgan fingerprint density at radius 1 is 1.71 bits per heavy atom. The van der Waals surface area contributed by atoms with Crippen molar-refractivity contribution in [1.82, 2.24) is 10.2 Å². The maximum absolute atomic E-state index is 11.5. The molecule has 0 aromatic rings. The van der Waals surface area contributed by atoms with Gasteiger partial charge in [0, 0.05) is 18.4 Å². The standard InChI is InChI=1S/C9H15BN2O2/c1-6(13)5-12-7(4-11-2)3-8(10)9(12)14/h7-8,11H,3-5H2,1-2H3/t7-,8-/m1/s1. The molecule has 1 fully saturated rings. The van der Waals surface area contributed by atoms with Gasteiger partial charge >= 0.3 is 0 Å². The Morgan fingerprint density at radius 3 is 2.86 bits per heavy atom. The van der Waals surface area contributed by atoms with Gasteiger partial charge in [0.1, 0.15) is 5.78 Å². The summed E-state index contributed by atoms with van der Waals surface area (Å²) in [5, 5.41) is 2.99. The number of Topliss-reactive ketones (excluding diaryl/α,β-unsaturated/α-hetero) is 1. The molecule has 5 heteroatoms. The highest BCUT2D eigenvalue weighted by atomic mass is 16.2. The van der Waals surface area contributed by atoms with Crippen LogP contribution in [0, 0.1) is 0 Å². The molecular formula is C9H15BN2O2. The molecule has 0 aromatic heterocycles. The Morgan fingerprint density at radius 2 is 2.36 bits per heavy atom. The fraction of sp³-hybridized carbons (Fsp3) is 0.778. The van der Waals surface area contributed by atoms with E-state index in [9.17, 15) is 9.59 Å². The molecule has 1 aliphatic rings. The van der Waals surface area contributed by atoms with Crippen LogP contribution in [0.15, 0.2) is 0 Å². The summed E-state index contributed by atoms with van der Waals surface area (Å²) in [5.41, 5.74) is 0. The largest absolute Gasteiger partial charge is 0.332 e. The van der Waals surface area contributed by atoms with E-state index >= 15 is 0 Å². The molecule has 1 rings (SSSR count). The van der Waals surface area contributed by atoms with Crippen molar-refractivity contribution in [2.45, 2.75) is 25.2 Å².